The maximum atomic E-state index is 11.0. The molecule has 2 nitrogen and oxygen atoms in total. The molecule has 0 bridgehead atoms. The Morgan fingerprint density at radius 1 is 1.43 bits per heavy atom. The van der Waals surface area contributed by atoms with Crippen LogP contribution in [-0.4, -0.2) is 30.0 Å². The van der Waals surface area contributed by atoms with E-state index in [1.807, 2.05) is 11.8 Å². The molecule has 3 heteroatoms. The van der Waals surface area contributed by atoms with Crippen molar-refractivity contribution in [2.45, 2.75) is 45.1 Å². The van der Waals surface area contributed by atoms with Crippen molar-refractivity contribution in [1.82, 2.24) is 0 Å². The van der Waals surface area contributed by atoms with E-state index in [0.717, 1.165) is 38.7 Å². The second kappa shape index (κ2) is 7.30. The molecule has 0 heterocycles. The summed E-state index contributed by atoms with van der Waals surface area (Å²) in [5.41, 5.74) is 0. The van der Waals surface area contributed by atoms with Gasteiger partial charge in [-0.05, 0) is 30.8 Å². The fourth-order valence-electron chi connectivity index (χ4n) is 1.64. The first-order valence-corrected chi connectivity index (χ1v) is 6.69. The maximum absolute atomic E-state index is 11.0. The molecule has 1 aliphatic rings. The lowest BCUT2D eigenvalue weighted by Gasteiger charge is -2.21. The van der Waals surface area contributed by atoms with Gasteiger partial charge in [0.2, 0.25) is 0 Å². The van der Waals surface area contributed by atoms with Crippen LogP contribution in [0.1, 0.15) is 39.0 Å². The van der Waals surface area contributed by atoms with Crippen LogP contribution in [0.2, 0.25) is 0 Å². The molecule has 0 N–H and O–H groups in total. The van der Waals surface area contributed by atoms with E-state index in [1.54, 1.807) is 0 Å². The number of carbonyl (C=O) groups is 1. The van der Waals surface area contributed by atoms with Gasteiger partial charge in [0.05, 0.1) is 6.10 Å². The minimum absolute atomic E-state index is 0.360. The highest BCUT2D eigenvalue weighted by Gasteiger charge is 2.18. The zero-order valence-corrected chi connectivity index (χ0v) is 9.78. The van der Waals surface area contributed by atoms with Crippen LogP contribution in [0.25, 0.3) is 0 Å². The van der Waals surface area contributed by atoms with Crippen molar-refractivity contribution < 1.29 is 9.53 Å². The fraction of sp³-hybridized carbons (Fsp3) is 0.909. The van der Waals surface area contributed by atoms with Crippen LogP contribution in [0.15, 0.2) is 0 Å². The molecule has 82 valence electrons. The van der Waals surface area contributed by atoms with Crippen molar-refractivity contribution in [3.05, 3.63) is 0 Å². The predicted molar refractivity (Wildman–Crippen MR) is 60.8 cm³/mol. The Morgan fingerprint density at radius 2 is 2.14 bits per heavy atom. The zero-order valence-electron chi connectivity index (χ0n) is 8.96. The molecule has 0 spiro atoms. The normalized spacial score (nSPS) is 18.8. The summed E-state index contributed by atoms with van der Waals surface area (Å²) in [7, 11) is 0. The number of ether oxygens (including phenoxy) is 1. The smallest absolute Gasteiger partial charge is 0.133 e. The Kier molecular flexibility index (Phi) is 6.28. The van der Waals surface area contributed by atoms with Crippen molar-refractivity contribution in [3.8, 4) is 0 Å². The predicted octanol–water partition coefficient (Wildman–Crippen LogP) is 2.66. The van der Waals surface area contributed by atoms with E-state index in [1.165, 1.54) is 11.5 Å². The minimum Gasteiger partial charge on any atom is -0.378 e. The quantitative estimate of drug-likeness (QED) is 0.638. The second-order valence-corrected chi connectivity index (χ2v) is 5.05. The fourth-order valence-corrected chi connectivity index (χ4v) is 2.25. The molecule has 1 saturated carbocycles. The van der Waals surface area contributed by atoms with Crippen LogP contribution in [0, 0.1) is 0 Å². The van der Waals surface area contributed by atoms with Gasteiger partial charge in [0.25, 0.3) is 0 Å². The lowest BCUT2D eigenvalue weighted by molar-refractivity contribution is -0.122. The summed E-state index contributed by atoms with van der Waals surface area (Å²) in [6.07, 6.45) is 4.85. The third-order valence-electron chi connectivity index (χ3n) is 2.48. The van der Waals surface area contributed by atoms with Crippen LogP contribution >= 0.6 is 11.8 Å². The number of hydrogen-bond acceptors (Lipinski definition) is 3. The van der Waals surface area contributed by atoms with Crippen LogP contribution in [0.4, 0.5) is 0 Å². The number of carbonyl (C=O) groups excluding carboxylic acids is 1. The summed E-state index contributed by atoms with van der Waals surface area (Å²) >= 11 is 1.96. The van der Waals surface area contributed by atoms with Crippen LogP contribution in [0.5, 0.6) is 0 Å². The van der Waals surface area contributed by atoms with Gasteiger partial charge in [-0.25, -0.2) is 0 Å². The van der Waals surface area contributed by atoms with E-state index < -0.39 is 0 Å². The molecule has 0 unspecified atom stereocenters. The highest BCUT2D eigenvalue weighted by molar-refractivity contribution is 7.99. The number of ketones is 1. The zero-order chi connectivity index (χ0) is 10.2. The number of Topliss-reactive ketones (excluding diaryl/α,β-unsaturated/α-hetero) is 1. The standard InChI is InChI=1S/C11H20O2S/c1-2-14-9-3-8-13-11-6-4-10(12)5-7-11/h11H,2-9H2,1H3. The summed E-state index contributed by atoms with van der Waals surface area (Å²) in [6.45, 7) is 3.05. The monoisotopic (exact) mass is 216 g/mol. The molecule has 0 aliphatic heterocycles. The molecule has 0 aromatic heterocycles. The molecule has 0 radical (unpaired) electrons. The molecular weight excluding hydrogens is 196 g/mol. The third kappa shape index (κ3) is 5.01. The van der Waals surface area contributed by atoms with Crippen molar-refractivity contribution >= 4 is 17.5 Å². The lowest BCUT2D eigenvalue weighted by atomic mass is 9.96. The number of rotatable bonds is 6. The highest BCUT2D eigenvalue weighted by atomic mass is 32.2. The van der Waals surface area contributed by atoms with E-state index in [-0.39, 0.29) is 0 Å². The van der Waals surface area contributed by atoms with Crippen molar-refractivity contribution in [1.29, 1.82) is 0 Å². The number of hydrogen-bond donors (Lipinski definition) is 0. The summed E-state index contributed by atoms with van der Waals surface area (Å²) in [6, 6.07) is 0. The SMILES string of the molecule is CCSCCCOC1CCC(=O)CC1. The minimum atomic E-state index is 0.360. The first-order valence-electron chi connectivity index (χ1n) is 5.54. The van der Waals surface area contributed by atoms with Gasteiger partial charge >= 0.3 is 0 Å². The molecule has 0 amide bonds. The van der Waals surface area contributed by atoms with Crippen LogP contribution < -0.4 is 0 Å². The maximum Gasteiger partial charge on any atom is 0.133 e. The van der Waals surface area contributed by atoms with E-state index in [4.69, 9.17) is 4.74 Å². The first-order chi connectivity index (χ1) is 6.83. The average molecular weight is 216 g/mol. The van der Waals surface area contributed by atoms with Gasteiger partial charge in [-0.2, -0.15) is 11.8 Å². The van der Waals surface area contributed by atoms with E-state index in [9.17, 15) is 4.79 Å². The van der Waals surface area contributed by atoms with E-state index in [0.29, 0.717) is 11.9 Å². The Labute approximate surface area is 90.8 Å². The second-order valence-electron chi connectivity index (χ2n) is 3.66. The van der Waals surface area contributed by atoms with E-state index in [2.05, 4.69) is 6.92 Å². The Morgan fingerprint density at radius 3 is 2.79 bits per heavy atom. The molecule has 1 rings (SSSR count). The van der Waals surface area contributed by atoms with Crippen LogP contribution in [0.3, 0.4) is 0 Å². The Balaban J connectivity index is 1.94. The van der Waals surface area contributed by atoms with Crippen molar-refractivity contribution in [3.63, 3.8) is 0 Å². The lowest BCUT2D eigenvalue weighted by Crippen LogP contribution is -2.22. The van der Waals surface area contributed by atoms with Gasteiger partial charge in [0.15, 0.2) is 0 Å². The summed E-state index contributed by atoms with van der Waals surface area (Å²) in [4.78, 5) is 11.0. The summed E-state index contributed by atoms with van der Waals surface area (Å²) < 4.78 is 5.71. The largest absolute Gasteiger partial charge is 0.378 e. The summed E-state index contributed by atoms with van der Waals surface area (Å²) in [5.74, 6) is 2.80. The van der Waals surface area contributed by atoms with E-state index >= 15 is 0 Å². The van der Waals surface area contributed by atoms with Crippen LogP contribution in [-0.2, 0) is 9.53 Å². The van der Waals surface area contributed by atoms with Gasteiger partial charge < -0.3 is 4.74 Å². The highest BCUT2D eigenvalue weighted by Crippen LogP contribution is 2.18. The molecular formula is C11H20O2S. The molecule has 0 aromatic carbocycles. The van der Waals surface area contributed by atoms with Gasteiger partial charge in [-0.1, -0.05) is 6.92 Å². The van der Waals surface area contributed by atoms with Gasteiger partial charge in [0.1, 0.15) is 5.78 Å². The number of thioether (sulfide) groups is 1. The van der Waals surface area contributed by atoms with Gasteiger partial charge in [-0.3, -0.25) is 4.79 Å². The first kappa shape index (κ1) is 12.1. The van der Waals surface area contributed by atoms with Gasteiger partial charge in [0, 0.05) is 19.4 Å². The van der Waals surface area contributed by atoms with Gasteiger partial charge in [-0.15, -0.1) is 0 Å². The molecule has 0 aromatic rings. The topological polar surface area (TPSA) is 26.3 Å². The molecule has 0 atom stereocenters. The average Bonchev–Trinajstić information content (AvgIpc) is 2.21. The molecule has 1 fully saturated rings. The van der Waals surface area contributed by atoms with Crippen molar-refractivity contribution in [2.75, 3.05) is 18.1 Å². The molecule has 1 aliphatic carbocycles. The molecule has 14 heavy (non-hydrogen) atoms. The Bertz CT molecular complexity index is 161. The summed E-state index contributed by atoms with van der Waals surface area (Å²) in [5, 5.41) is 0. The van der Waals surface area contributed by atoms with Crippen molar-refractivity contribution in [2.24, 2.45) is 0 Å². The third-order valence-corrected chi connectivity index (χ3v) is 3.47. The Hall–Kier alpha value is -0.0200. The molecule has 0 saturated heterocycles.